The predicted molar refractivity (Wildman–Crippen MR) is 340 cm³/mol. The van der Waals surface area contributed by atoms with E-state index in [4.69, 9.17) is 80.5 Å². The van der Waals surface area contributed by atoms with Gasteiger partial charge in [-0.2, -0.15) is 8.42 Å². The molecule has 0 saturated carbocycles. The first-order valence-electron chi connectivity index (χ1n) is 35.0. The van der Waals surface area contributed by atoms with Gasteiger partial charge in [0.1, 0.15) is 201 Å². The molecule has 0 spiro atoms. The van der Waals surface area contributed by atoms with E-state index in [9.17, 15) is 150 Å². The Balaban J connectivity index is 1.12. The molecule has 0 radical (unpaired) electrons. The summed E-state index contributed by atoms with van der Waals surface area (Å²) in [6.45, 7) is -2.22. The summed E-state index contributed by atoms with van der Waals surface area (Å²) in [5.74, 6) is -4.78. The summed E-state index contributed by atoms with van der Waals surface area (Å²) < 4.78 is 139. The molecule has 0 aliphatic carbocycles. The molecule has 648 valence electrons. The monoisotopic (exact) mass is 1660 g/mol. The minimum absolute atomic E-state index is 0.848. The number of hydrogen-bond acceptors (Lipinski definition) is 46. The van der Waals surface area contributed by atoms with Crippen molar-refractivity contribution in [3.05, 3.63) is 0 Å². The summed E-state index contributed by atoms with van der Waals surface area (Å²) in [6.07, 6.45) is -92.4. The van der Waals surface area contributed by atoms with Crippen LogP contribution in [0.15, 0.2) is 0 Å². The molecule has 0 aromatic rings. The number of hydrogen-bond donors (Lipinski definition) is 27. The molecule has 3 amide bonds. The van der Waals surface area contributed by atoms with Crippen LogP contribution in [0, 0.1) is 0 Å². The highest BCUT2D eigenvalue weighted by Crippen LogP contribution is 2.41. The van der Waals surface area contributed by atoms with Gasteiger partial charge in [0.25, 0.3) is 0 Å². The number of ether oxygens (including phenoxy) is 17. The van der Waals surface area contributed by atoms with E-state index in [0.29, 0.717) is 0 Å². The molecule has 9 aliphatic rings. The highest BCUT2D eigenvalue weighted by atomic mass is 32.3. The van der Waals surface area contributed by atoms with E-state index >= 15 is 0 Å². The molecule has 9 rings (SSSR count). The van der Waals surface area contributed by atoms with Gasteiger partial charge in [-0.1, -0.05) is 0 Å². The fraction of sp³-hybridized carbons (Fsp3) is 0.933. The molecular weight excluding hydrogens is 1560 g/mol. The Kier molecular flexibility index (Phi) is 32.0. The zero-order valence-electron chi connectivity index (χ0n) is 59.7. The van der Waals surface area contributed by atoms with Gasteiger partial charge in [0, 0.05) is 20.8 Å². The second kappa shape index (κ2) is 38.9. The van der Waals surface area contributed by atoms with Gasteiger partial charge in [-0.3, -0.25) is 18.9 Å². The van der Waals surface area contributed by atoms with Crippen molar-refractivity contribution in [2.45, 2.75) is 311 Å². The van der Waals surface area contributed by atoms with E-state index in [1.165, 1.54) is 6.92 Å². The van der Waals surface area contributed by atoms with E-state index in [1.54, 1.807) is 0 Å². The largest absolute Gasteiger partial charge is 0.479 e. The molecule has 0 aromatic carbocycles. The lowest BCUT2D eigenvalue weighted by molar-refractivity contribution is -0.420. The Morgan fingerprint density at radius 2 is 0.696 bits per heavy atom. The lowest BCUT2D eigenvalue weighted by Gasteiger charge is -2.53. The van der Waals surface area contributed by atoms with Crippen molar-refractivity contribution in [2.75, 3.05) is 39.6 Å². The number of rotatable bonds is 28. The van der Waals surface area contributed by atoms with Gasteiger partial charge in [0.2, 0.25) is 17.7 Å². The molecule has 0 aromatic heterocycles. The topological polar surface area (TPSA) is 790 Å². The number of carboxylic acid groups (broad SMARTS) is 1. The van der Waals surface area contributed by atoms with E-state index in [2.05, 4.69) is 20.1 Å². The zero-order chi connectivity index (χ0) is 82.9. The van der Waals surface area contributed by atoms with Crippen LogP contribution in [0.5, 0.6) is 0 Å². The molecule has 52 heteroatoms. The molecule has 27 N–H and O–H groups in total. The van der Waals surface area contributed by atoms with Crippen LogP contribution in [-0.4, -0.2) is 470 Å². The third kappa shape index (κ3) is 20.5. The Morgan fingerprint density at radius 1 is 0.321 bits per heavy atom. The quantitative estimate of drug-likeness (QED) is 0.0324. The summed E-state index contributed by atoms with van der Waals surface area (Å²) in [4.78, 5) is 50.7. The lowest BCUT2D eigenvalue weighted by atomic mass is 9.93. The van der Waals surface area contributed by atoms with Crippen LogP contribution in [0.4, 0.5) is 0 Å². The SMILES string of the molecule is CC(=O)N[C@@H]1[C@@H](O[C@@H]2O[C@H](CO)[C@H](O[C@@H]3O[C@H](CO)[C@H](O[C@H]4O[C@H](CO)[C@H](O)[C@H](O)[C@H]4NC(C)=O)[C@H](O)[C@H]3O)[C@H](O[C@@H]3O[C@H](CO)[C@H](O)[C@H](O[C@@H]4O[C@H](C(=O)O)[C@@H](O)[C@H](O)[C@H]4O)[C@H]3O)[C@H]2O[C@@H]2O[C@@H](C)[C@@H](O)[C@@H](O)[C@@H]2O)[C@@H](O)[C@@H](CO[C@@H]2O[C@H](COS(=O)(=O)O)[C@@H](O)[C@H](O[C@@H]3O[C@@H](C)[C@@H](O)[C@@H](O)[C@@H]3O)[C@H]2NC(C)=O)O[C@@H]1O. The first-order valence-corrected chi connectivity index (χ1v) is 36.4. The summed E-state index contributed by atoms with van der Waals surface area (Å²) in [6, 6.07) is -5.70. The van der Waals surface area contributed by atoms with E-state index in [1.807, 2.05) is 0 Å². The number of carbonyl (C=O) groups excluding carboxylic acids is 3. The van der Waals surface area contributed by atoms with Gasteiger partial charge < -0.3 is 214 Å². The molecule has 112 heavy (non-hydrogen) atoms. The predicted octanol–water partition coefficient (Wildman–Crippen LogP) is -18.2. The molecule has 9 fully saturated rings. The maximum Gasteiger partial charge on any atom is 0.397 e. The summed E-state index contributed by atoms with van der Waals surface area (Å²) in [7, 11) is -5.37. The third-order valence-electron chi connectivity index (χ3n) is 20.0. The maximum atomic E-state index is 13.2. The Labute approximate surface area is 633 Å². The number of aliphatic hydroxyl groups is 22. The lowest BCUT2D eigenvalue weighted by Crippen LogP contribution is -2.71. The summed E-state index contributed by atoms with van der Waals surface area (Å²) in [5, 5.41) is 264. The minimum atomic E-state index is -5.37. The van der Waals surface area contributed by atoms with Crippen LogP contribution >= 0.6 is 0 Å². The Morgan fingerprint density at radius 3 is 1.23 bits per heavy atom. The van der Waals surface area contributed by atoms with E-state index < -0.39 is 350 Å². The number of aliphatic hydroxyl groups excluding tert-OH is 22. The number of nitrogens with one attached hydrogen (secondary N) is 3. The first kappa shape index (κ1) is 92.1. The van der Waals surface area contributed by atoms with Crippen molar-refractivity contribution in [2.24, 2.45) is 0 Å². The van der Waals surface area contributed by atoms with Crippen molar-refractivity contribution < 1.29 is 234 Å². The molecule has 51 nitrogen and oxygen atoms in total. The highest BCUT2D eigenvalue weighted by Gasteiger charge is 2.62. The van der Waals surface area contributed by atoms with Gasteiger partial charge in [0.05, 0.1) is 51.8 Å². The van der Waals surface area contributed by atoms with Crippen LogP contribution in [0.1, 0.15) is 34.6 Å². The van der Waals surface area contributed by atoms with Crippen LogP contribution in [0.3, 0.4) is 0 Å². The molecular formula is C60H99N3O48S. The molecule has 9 saturated heterocycles. The Bertz CT molecular complexity index is 3170. The fourth-order valence-corrected chi connectivity index (χ4v) is 14.4. The fourth-order valence-electron chi connectivity index (χ4n) is 14.1. The summed E-state index contributed by atoms with van der Waals surface area (Å²) in [5.41, 5.74) is 0. The van der Waals surface area contributed by atoms with Crippen LogP contribution in [0.2, 0.25) is 0 Å². The van der Waals surface area contributed by atoms with Crippen molar-refractivity contribution >= 4 is 34.1 Å². The van der Waals surface area contributed by atoms with Crippen molar-refractivity contribution in [1.29, 1.82) is 0 Å². The third-order valence-corrected chi connectivity index (χ3v) is 20.5. The number of carboxylic acids is 1. The van der Waals surface area contributed by atoms with E-state index in [0.717, 1.165) is 27.7 Å². The second-order valence-corrected chi connectivity index (χ2v) is 29.1. The summed E-state index contributed by atoms with van der Waals surface area (Å²) >= 11 is 0. The van der Waals surface area contributed by atoms with Crippen LogP contribution < -0.4 is 16.0 Å². The number of amides is 3. The van der Waals surface area contributed by atoms with Crippen molar-refractivity contribution in [3.8, 4) is 0 Å². The molecule has 9 aliphatic heterocycles. The van der Waals surface area contributed by atoms with Gasteiger partial charge in [-0.25, -0.2) is 8.98 Å². The van der Waals surface area contributed by atoms with Gasteiger partial charge in [-0.05, 0) is 13.8 Å². The molecule has 0 bridgehead atoms. The molecule has 9 heterocycles. The van der Waals surface area contributed by atoms with Gasteiger partial charge in [0.15, 0.2) is 62.7 Å². The van der Waals surface area contributed by atoms with Crippen molar-refractivity contribution in [1.82, 2.24) is 16.0 Å². The van der Waals surface area contributed by atoms with E-state index in [-0.39, 0.29) is 0 Å². The van der Waals surface area contributed by atoms with Crippen LogP contribution in [-0.2, 0) is 114 Å². The molecule has 45 atom stereocenters. The van der Waals surface area contributed by atoms with Crippen molar-refractivity contribution in [3.63, 3.8) is 0 Å². The Hall–Kier alpha value is -3.81. The molecule has 0 unspecified atom stereocenters. The number of aliphatic carboxylic acids is 1. The average molecular weight is 1660 g/mol. The van der Waals surface area contributed by atoms with Crippen LogP contribution in [0.25, 0.3) is 0 Å². The zero-order valence-corrected chi connectivity index (χ0v) is 60.5. The smallest absolute Gasteiger partial charge is 0.397 e. The normalized spacial score (nSPS) is 49.1. The maximum absolute atomic E-state index is 13.2. The number of carbonyl (C=O) groups is 4. The average Bonchev–Trinajstić information content (AvgIpc) is 0.754. The minimum Gasteiger partial charge on any atom is -0.479 e. The first-order chi connectivity index (χ1) is 52.6. The van der Waals surface area contributed by atoms with Gasteiger partial charge >= 0.3 is 16.4 Å². The standard InChI is InChI=1S/C60H99N3O48S/c1-12-26(71)33(78)38(83)55(96-12)106-46-25(63-16(5)70)53(103-22(31(46)76)11-95-112(91,92)93)94-10-21-30(75)45(24(52(90)98-21)62-15(4)69)107-60-50(111-56-39(84)34(79)27(72)13(2)97-56)49(110-59-42(87)47(29(74)18(7-65)100-59)108-58-40(85)35(80)36(81)48(109-58)51(88)89)44(20(9-67)102-60)105-57-41(86)37(82)43(19(8-66)101-57)104-54-23(61-14(3)68)32(77)28(73)17(6-64)99-54/h12-13,17-50,52-60,64-67,71-87,90H,6-11H2,1-5H3,(H,61,68)(H,62,69)(H,63,70)(H,88,89)(H,91,92,93)/t12-,13-,17+,18+,19+,20+,21+,22+,23+,24+,25+,26+,27+,28-,29-,30-,31+,32+,33+,34+,35-,36-,37+,38-,39-,40+,41+,42+,43-,44-,45+,46+,47-,48-,49-,50+,52-,53+,54+,55-,56-,57-,58+,59-,60-/m0/s1. The van der Waals surface area contributed by atoms with Gasteiger partial charge in [-0.15, -0.1) is 0 Å². The highest BCUT2D eigenvalue weighted by molar-refractivity contribution is 7.80. The second-order valence-electron chi connectivity index (χ2n) is 28.0.